The molecule has 0 aliphatic rings. The van der Waals surface area contributed by atoms with E-state index in [2.05, 4.69) is 5.32 Å². The minimum atomic E-state index is -0.922. The standard InChI is InChI=1S/C15H19NO4/c1-10(2)20-15(19)14(18)13(16-11(3)17)9-12-7-5-4-6-8-12/h4-8,10,13H,9H2,1-3H3,(H,16,17)/t13-/m0/s1. The highest BCUT2D eigenvalue weighted by Crippen LogP contribution is 2.05. The molecular weight excluding hydrogens is 258 g/mol. The molecule has 5 heteroatoms. The van der Waals surface area contributed by atoms with Crippen LogP contribution in [-0.2, 0) is 25.5 Å². The molecule has 0 aromatic heterocycles. The SMILES string of the molecule is CC(=O)N[C@@H](Cc1ccccc1)C(=O)C(=O)OC(C)C. The first-order chi connectivity index (χ1) is 9.40. The normalized spacial score (nSPS) is 11.8. The zero-order valence-electron chi connectivity index (χ0n) is 11.9. The molecule has 1 atom stereocenters. The van der Waals surface area contributed by atoms with Crippen LogP contribution in [0.4, 0.5) is 0 Å². The Labute approximate surface area is 118 Å². The van der Waals surface area contributed by atoms with Crippen molar-refractivity contribution in [2.45, 2.75) is 39.3 Å². The molecule has 1 amide bonds. The van der Waals surface area contributed by atoms with Gasteiger partial charge in [0.2, 0.25) is 5.91 Å². The topological polar surface area (TPSA) is 72.5 Å². The van der Waals surface area contributed by atoms with Gasteiger partial charge >= 0.3 is 5.97 Å². The van der Waals surface area contributed by atoms with Crippen LogP contribution in [0, 0.1) is 0 Å². The van der Waals surface area contributed by atoms with E-state index < -0.39 is 17.8 Å². The minimum absolute atomic E-state index is 0.256. The fraction of sp³-hybridized carbons (Fsp3) is 0.400. The third kappa shape index (κ3) is 5.22. The van der Waals surface area contributed by atoms with Crippen LogP contribution < -0.4 is 5.32 Å². The van der Waals surface area contributed by atoms with Crippen LogP contribution in [0.25, 0.3) is 0 Å². The van der Waals surface area contributed by atoms with Gasteiger partial charge in [0.25, 0.3) is 5.78 Å². The van der Waals surface area contributed by atoms with Crippen LogP contribution >= 0.6 is 0 Å². The highest BCUT2D eigenvalue weighted by atomic mass is 16.5. The maximum Gasteiger partial charge on any atom is 0.377 e. The monoisotopic (exact) mass is 277 g/mol. The minimum Gasteiger partial charge on any atom is -0.457 e. The van der Waals surface area contributed by atoms with Crippen molar-refractivity contribution in [2.75, 3.05) is 0 Å². The van der Waals surface area contributed by atoms with E-state index in [1.54, 1.807) is 13.8 Å². The van der Waals surface area contributed by atoms with Gasteiger partial charge in [-0.3, -0.25) is 9.59 Å². The molecular formula is C15H19NO4. The molecule has 5 nitrogen and oxygen atoms in total. The number of rotatable bonds is 6. The number of Topliss-reactive ketones (excluding diaryl/α,β-unsaturated/α-hetero) is 1. The molecule has 1 N–H and O–H groups in total. The molecule has 0 aliphatic heterocycles. The van der Waals surface area contributed by atoms with Crippen molar-refractivity contribution < 1.29 is 19.1 Å². The molecule has 1 aromatic rings. The van der Waals surface area contributed by atoms with Gasteiger partial charge in [-0.2, -0.15) is 0 Å². The summed E-state index contributed by atoms with van der Waals surface area (Å²) in [5.74, 6) is -2.02. The molecule has 108 valence electrons. The van der Waals surface area contributed by atoms with Crippen LogP contribution in [-0.4, -0.2) is 29.8 Å². The fourth-order valence-electron chi connectivity index (χ4n) is 1.72. The summed E-state index contributed by atoms with van der Waals surface area (Å²) in [6.07, 6.45) is -0.118. The van der Waals surface area contributed by atoms with Gasteiger partial charge in [-0.25, -0.2) is 4.79 Å². The number of benzene rings is 1. The number of carbonyl (C=O) groups excluding carboxylic acids is 3. The Hall–Kier alpha value is -2.17. The van der Waals surface area contributed by atoms with Crippen molar-refractivity contribution >= 4 is 17.7 Å². The Morgan fingerprint density at radius 3 is 2.25 bits per heavy atom. The van der Waals surface area contributed by atoms with Crippen LogP contribution in [0.1, 0.15) is 26.3 Å². The predicted molar refractivity (Wildman–Crippen MR) is 74.0 cm³/mol. The first-order valence-electron chi connectivity index (χ1n) is 6.46. The van der Waals surface area contributed by atoms with Crippen molar-refractivity contribution in [3.63, 3.8) is 0 Å². The van der Waals surface area contributed by atoms with E-state index in [9.17, 15) is 14.4 Å². The summed E-state index contributed by atoms with van der Waals surface area (Å²) < 4.78 is 4.87. The summed E-state index contributed by atoms with van der Waals surface area (Å²) in [6, 6.07) is 8.27. The molecule has 1 aromatic carbocycles. The van der Waals surface area contributed by atoms with Crippen LogP contribution in [0.2, 0.25) is 0 Å². The summed E-state index contributed by atoms with van der Waals surface area (Å²) in [5.41, 5.74) is 0.858. The van der Waals surface area contributed by atoms with E-state index >= 15 is 0 Å². The summed E-state index contributed by atoms with van der Waals surface area (Å²) in [6.45, 7) is 4.63. The number of ketones is 1. The average Bonchev–Trinajstić information content (AvgIpc) is 2.37. The van der Waals surface area contributed by atoms with E-state index in [0.717, 1.165) is 5.56 Å². The second-order valence-corrected chi connectivity index (χ2v) is 4.76. The number of nitrogens with one attached hydrogen (secondary N) is 1. The lowest BCUT2D eigenvalue weighted by Gasteiger charge is -2.17. The molecule has 0 bridgehead atoms. The van der Waals surface area contributed by atoms with Gasteiger partial charge in [0, 0.05) is 13.3 Å². The van der Waals surface area contributed by atoms with Crippen LogP contribution in [0.5, 0.6) is 0 Å². The molecule has 0 saturated carbocycles. The number of hydrogen-bond acceptors (Lipinski definition) is 4. The molecule has 0 spiro atoms. The van der Waals surface area contributed by atoms with Crippen molar-refractivity contribution in [3.8, 4) is 0 Å². The van der Waals surface area contributed by atoms with E-state index in [1.165, 1.54) is 6.92 Å². The Morgan fingerprint density at radius 1 is 1.15 bits per heavy atom. The molecule has 0 saturated heterocycles. The number of carbonyl (C=O) groups is 3. The third-order valence-corrected chi connectivity index (χ3v) is 2.52. The average molecular weight is 277 g/mol. The lowest BCUT2D eigenvalue weighted by molar-refractivity contribution is -0.157. The lowest BCUT2D eigenvalue weighted by atomic mass is 10.0. The second-order valence-electron chi connectivity index (χ2n) is 4.76. The van der Waals surface area contributed by atoms with Gasteiger partial charge in [0.05, 0.1) is 6.10 Å². The van der Waals surface area contributed by atoms with E-state index in [4.69, 9.17) is 4.74 Å². The van der Waals surface area contributed by atoms with E-state index in [1.807, 2.05) is 30.3 Å². The number of esters is 1. The first kappa shape index (κ1) is 15.9. The fourth-order valence-corrected chi connectivity index (χ4v) is 1.72. The Bertz CT molecular complexity index is 482. The molecule has 0 heterocycles. The maximum atomic E-state index is 12.0. The third-order valence-electron chi connectivity index (χ3n) is 2.52. The van der Waals surface area contributed by atoms with Gasteiger partial charge < -0.3 is 10.1 Å². The highest BCUT2D eigenvalue weighted by molar-refractivity contribution is 6.36. The molecule has 0 fully saturated rings. The quantitative estimate of drug-likeness (QED) is 0.627. The van der Waals surface area contributed by atoms with E-state index in [0.29, 0.717) is 0 Å². The Kier molecular flexibility index (Phi) is 5.90. The van der Waals surface area contributed by atoms with Crippen molar-refractivity contribution in [1.82, 2.24) is 5.32 Å². The number of hydrogen-bond donors (Lipinski definition) is 1. The van der Waals surface area contributed by atoms with Crippen molar-refractivity contribution in [1.29, 1.82) is 0 Å². The molecule has 0 aliphatic carbocycles. The maximum absolute atomic E-state index is 12.0. The molecule has 0 unspecified atom stereocenters. The molecule has 1 rings (SSSR count). The molecule has 0 radical (unpaired) electrons. The Balaban J connectivity index is 2.81. The lowest BCUT2D eigenvalue weighted by Crippen LogP contribution is -2.45. The van der Waals surface area contributed by atoms with Gasteiger partial charge in [-0.1, -0.05) is 30.3 Å². The largest absolute Gasteiger partial charge is 0.457 e. The van der Waals surface area contributed by atoms with Crippen molar-refractivity contribution in [2.24, 2.45) is 0 Å². The Morgan fingerprint density at radius 2 is 1.75 bits per heavy atom. The highest BCUT2D eigenvalue weighted by Gasteiger charge is 2.28. The summed E-state index contributed by atoms with van der Waals surface area (Å²) in [5, 5.41) is 2.49. The summed E-state index contributed by atoms with van der Waals surface area (Å²) in [4.78, 5) is 34.9. The smallest absolute Gasteiger partial charge is 0.377 e. The van der Waals surface area contributed by atoms with Crippen LogP contribution in [0.3, 0.4) is 0 Å². The number of amides is 1. The van der Waals surface area contributed by atoms with Gasteiger partial charge in [-0.05, 0) is 19.4 Å². The second kappa shape index (κ2) is 7.43. The van der Waals surface area contributed by atoms with Gasteiger partial charge in [0.1, 0.15) is 6.04 Å². The zero-order chi connectivity index (χ0) is 15.1. The zero-order valence-corrected chi connectivity index (χ0v) is 11.9. The van der Waals surface area contributed by atoms with Crippen molar-refractivity contribution in [3.05, 3.63) is 35.9 Å². The predicted octanol–water partition coefficient (Wildman–Crippen LogP) is 1.25. The first-order valence-corrected chi connectivity index (χ1v) is 6.46. The van der Waals surface area contributed by atoms with Crippen LogP contribution in [0.15, 0.2) is 30.3 Å². The number of ether oxygens (including phenoxy) is 1. The summed E-state index contributed by atoms with van der Waals surface area (Å²) >= 11 is 0. The van der Waals surface area contributed by atoms with Gasteiger partial charge in [-0.15, -0.1) is 0 Å². The van der Waals surface area contributed by atoms with E-state index in [-0.39, 0.29) is 18.4 Å². The summed E-state index contributed by atoms with van der Waals surface area (Å²) in [7, 11) is 0. The molecule has 20 heavy (non-hydrogen) atoms. The van der Waals surface area contributed by atoms with Gasteiger partial charge in [0.15, 0.2) is 0 Å².